The highest BCUT2D eigenvalue weighted by atomic mass is 32.1. The standard InChI is InChI=1S/C55H38N2OS/c1-33-39(34-12-4-2-5-13-34)25-26-48(36-14-6-3-7-15-36)57-55(33)37-22-20-35(21-23-37)47-31-56-32-52-54(47)46-28-38(24-27-51(46)59-52)53-42-18-9-8-16-40(42)43-29-44-41-17-10-11-19-49(41)58-50(44)30-45(43)53/h2-25,27-33,53,55H,26H2,1H3. The molecule has 4 heterocycles. The molecule has 0 amide bonds. The molecule has 10 aromatic rings. The van der Waals surface area contributed by atoms with Crippen LogP contribution in [0.4, 0.5) is 0 Å². The van der Waals surface area contributed by atoms with Crippen molar-refractivity contribution in [3.63, 3.8) is 0 Å². The van der Waals surface area contributed by atoms with Gasteiger partial charge >= 0.3 is 0 Å². The molecule has 4 heteroatoms. The summed E-state index contributed by atoms with van der Waals surface area (Å²) in [4.78, 5) is 10.3. The Morgan fingerprint density at radius 2 is 1.29 bits per heavy atom. The second-order valence-corrected chi connectivity index (χ2v) is 17.1. The summed E-state index contributed by atoms with van der Waals surface area (Å²) in [5.74, 6) is 0.294. The van der Waals surface area contributed by atoms with E-state index >= 15 is 0 Å². The van der Waals surface area contributed by atoms with Gasteiger partial charge in [0.1, 0.15) is 11.2 Å². The molecule has 0 saturated heterocycles. The molecule has 0 fully saturated rings. The fourth-order valence-electron chi connectivity index (χ4n) is 9.88. The largest absolute Gasteiger partial charge is 0.456 e. The number of para-hydroxylation sites is 1. The van der Waals surface area contributed by atoms with Crippen molar-refractivity contribution in [1.29, 1.82) is 0 Å². The molecule has 0 spiro atoms. The van der Waals surface area contributed by atoms with E-state index in [1.54, 1.807) is 0 Å². The Balaban J connectivity index is 0.957. The van der Waals surface area contributed by atoms with Gasteiger partial charge in [-0.3, -0.25) is 9.98 Å². The lowest BCUT2D eigenvalue weighted by atomic mass is 9.84. The molecular weight excluding hydrogens is 737 g/mol. The van der Waals surface area contributed by atoms with Crippen molar-refractivity contribution in [3.05, 3.63) is 216 Å². The maximum absolute atomic E-state index is 6.44. The molecule has 0 radical (unpaired) electrons. The van der Waals surface area contributed by atoms with E-state index in [4.69, 9.17) is 14.4 Å². The lowest BCUT2D eigenvalue weighted by molar-refractivity contribution is 0.587. The van der Waals surface area contributed by atoms with E-state index in [2.05, 4.69) is 171 Å². The fourth-order valence-corrected chi connectivity index (χ4v) is 11.0. The van der Waals surface area contributed by atoms with E-state index in [1.807, 2.05) is 29.8 Å². The van der Waals surface area contributed by atoms with Gasteiger partial charge in [-0.1, -0.05) is 146 Å². The highest BCUT2D eigenvalue weighted by Gasteiger charge is 2.32. The third-order valence-corrected chi connectivity index (χ3v) is 13.8. The predicted octanol–water partition coefficient (Wildman–Crippen LogP) is 14.8. The van der Waals surface area contributed by atoms with Gasteiger partial charge in [0.25, 0.3) is 0 Å². The van der Waals surface area contributed by atoms with E-state index in [1.165, 1.54) is 75.6 Å². The van der Waals surface area contributed by atoms with Gasteiger partial charge < -0.3 is 4.42 Å². The number of benzene rings is 7. The second kappa shape index (κ2) is 13.6. The van der Waals surface area contributed by atoms with Gasteiger partial charge in [-0.2, -0.15) is 0 Å². The van der Waals surface area contributed by atoms with Crippen LogP contribution in [0.3, 0.4) is 0 Å². The van der Waals surface area contributed by atoms with Gasteiger partial charge in [0.15, 0.2) is 0 Å². The van der Waals surface area contributed by atoms with Crippen LogP contribution in [0.15, 0.2) is 192 Å². The number of furan rings is 1. The first-order chi connectivity index (χ1) is 29.2. The van der Waals surface area contributed by atoms with Crippen molar-refractivity contribution in [3.8, 4) is 22.3 Å². The van der Waals surface area contributed by atoms with E-state index < -0.39 is 0 Å². The zero-order valence-corrected chi connectivity index (χ0v) is 33.3. The highest BCUT2D eigenvalue weighted by Crippen LogP contribution is 2.51. The van der Waals surface area contributed by atoms with Crippen molar-refractivity contribution < 1.29 is 4.42 Å². The number of fused-ring (bicyclic) bond motifs is 9. The molecular formula is C55H38N2OS. The zero-order valence-electron chi connectivity index (χ0n) is 32.5. The minimum absolute atomic E-state index is 0.0235. The monoisotopic (exact) mass is 774 g/mol. The molecule has 3 atom stereocenters. The summed E-state index contributed by atoms with van der Waals surface area (Å²) in [5, 5.41) is 4.86. The van der Waals surface area contributed by atoms with Crippen LogP contribution in [0.1, 0.15) is 58.7 Å². The fraction of sp³-hybridized carbons (Fsp3) is 0.0909. The van der Waals surface area contributed by atoms with Crippen LogP contribution in [0.2, 0.25) is 0 Å². The minimum Gasteiger partial charge on any atom is -0.456 e. The number of allylic oxidation sites excluding steroid dienone is 1. The first-order valence-electron chi connectivity index (χ1n) is 20.5. The van der Waals surface area contributed by atoms with Crippen LogP contribution in [-0.2, 0) is 0 Å². The topological polar surface area (TPSA) is 38.4 Å². The number of aromatic nitrogens is 1. The van der Waals surface area contributed by atoms with Crippen LogP contribution in [0, 0.1) is 5.92 Å². The third-order valence-electron chi connectivity index (χ3n) is 12.7. The number of aliphatic imine (C=N–C) groups is 1. The predicted molar refractivity (Wildman–Crippen MR) is 247 cm³/mol. The van der Waals surface area contributed by atoms with E-state index in [0.717, 1.165) is 39.8 Å². The van der Waals surface area contributed by atoms with Crippen molar-refractivity contribution in [2.75, 3.05) is 0 Å². The quantitative estimate of drug-likeness (QED) is 0.175. The molecule has 0 bridgehead atoms. The van der Waals surface area contributed by atoms with Gasteiger partial charge in [-0.05, 0) is 86.0 Å². The maximum atomic E-state index is 6.44. The summed E-state index contributed by atoms with van der Waals surface area (Å²) in [6.07, 6.45) is 7.27. The van der Waals surface area contributed by atoms with Gasteiger partial charge in [0, 0.05) is 68.2 Å². The van der Waals surface area contributed by atoms with Crippen LogP contribution in [0.5, 0.6) is 0 Å². The smallest absolute Gasteiger partial charge is 0.135 e. The summed E-state index contributed by atoms with van der Waals surface area (Å²) in [5.41, 5.74) is 16.8. The summed E-state index contributed by atoms with van der Waals surface area (Å²) >= 11 is 1.82. The first-order valence-corrected chi connectivity index (χ1v) is 21.3. The average Bonchev–Trinajstić information content (AvgIpc) is 3.92. The van der Waals surface area contributed by atoms with E-state index in [9.17, 15) is 0 Å². The lowest BCUT2D eigenvalue weighted by Gasteiger charge is -2.23. The van der Waals surface area contributed by atoms with E-state index in [0.29, 0.717) is 0 Å². The van der Waals surface area contributed by atoms with E-state index in [-0.39, 0.29) is 17.9 Å². The Bertz CT molecular complexity index is 3320. The number of hydrogen-bond acceptors (Lipinski definition) is 4. The van der Waals surface area contributed by atoms with Gasteiger partial charge in [0.2, 0.25) is 0 Å². The van der Waals surface area contributed by atoms with Crippen LogP contribution < -0.4 is 0 Å². The third kappa shape index (κ3) is 5.55. The molecule has 1 aliphatic carbocycles. The SMILES string of the molecule is CC1C(c2ccccc2)=CCC(c2ccccc2)=NC1c1ccc(-c2cncc3sc4ccc(C5c6ccccc6-c6cc7c(cc65)oc5ccccc57)cc4c23)cc1. The summed E-state index contributed by atoms with van der Waals surface area (Å²) in [6, 6.07) is 59.6. The summed E-state index contributed by atoms with van der Waals surface area (Å²) in [6.45, 7) is 2.33. The molecule has 3 nitrogen and oxygen atoms in total. The van der Waals surface area contributed by atoms with Crippen molar-refractivity contribution in [1.82, 2.24) is 4.98 Å². The Morgan fingerprint density at radius 3 is 2.14 bits per heavy atom. The molecule has 1 aliphatic heterocycles. The molecule has 2 aliphatic rings. The molecule has 7 aromatic carbocycles. The molecule has 3 unspecified atom stereocenters. The van der Waals surface area contributed by atoms with Crippen LogP contribution in [0.25, 0.3) is 69.9 Å². The number of hydrogen-bond donors (Lipinski definition) is 0. The van der Waals surface area contributed by atoms with Crippen LogP contribution in [-0.4, -0.2) is 10.7 Å². The Hall–Kier alpha value is -6.88. The molecule has 280 valence electrons. The van der Waals surface area contributed by atoms with Gasteiger partial charge in [-0.15, -0.1) is 11.3 Å². The van der Waals surface area contributed by atoms with Crippen LogP contribution >= 0.6 is 11.3 Å². The zero-order chi connectivity index (χ0) is 39.0. The Kier molecular flexibility index (Phi) is 7.89. The summed E-state index contributed by atoms with van der Waals surface area (Å²) < 4.78 is 8.90. The molecule has 0 saturated carbocycles. The van der Waals surface area contributed by atoms with Crippen molar-refractivity contribution in [2.24, 2.45) is 10.9 Å². The minimum atomic E-state index is -0.0235. The molecule has 59 heavy (non-hydrogen) atoms. The number of thiophene rings is 1. The Labute approximate surface area is 346 Å². The number of rotatable bonds is 5. The highest BCUT2D eigenvalue weighted by molar-refractivity contribution is 7.25. The lowest BCUT2D eigenvalue weighted by Crippen LogP contribution is -2.10. The average molecular weight is 775 g/mol. The molecule has 12 rings (SSSR count). The maximum Gasteiger partial charge on any atom is 0.135 e. The Morgan fingerprint density at radius 1 is 0.542 bits per heavy atom. The normalized spacial score (nSPS) is 17.5. The van der Waals surface area contributed by atoms with Crippen molar-refractivity contribution in [2.45, 2.75) is 25.3 Å². The number of nitrogens with zero attached hydrogens (tertiary/aromatic N) is 2. The van der Waals surface area contributed by atoms with Gasteiger partial charge in [-0.25, -0.2) is 0 Å². The summed E-state index contributed by atoms with van der Waals surface area (Å²) in [7, 11) is 0. The second-order valence-electron chi connectivity index (χ2n) is 16.0. The van der Waals surface area contributed by atoms with Gasteiger partial charge in [0.05, 0.1) is 10.7 Å². The molecule has 3 aromatic heterocycles. The number of pyridine rings is 1. The van der Waals surface area contributed by atoms with Crippen molar-refractivity contribution >= 4 is 64.7 Å². The first kappa shape index (κ1) is 34.2. The molecule has 0 N–H and O–H groups in total.